The Kier molecular flexibility index (Phi) is 4.62. The molecule has 2 rings (SSSR count). The molecule has 1 heterocycles. The van der Waals surface area contributed by atoms with E-state index in [4.69, 9.17) is 4.74 Å². The summed E-state index contributed by atoms with van der Waals surface area (Å²) < 4.78 is 5.32. The number of carbonyl (C=O) groups excluding carboxylic acids is 1. The van der Waals surface area contributed by atoms with Crippen molar-refractivity contribution in [1.82, 2.24) is 15.4 Å². The van der Waals surface area contributed by atoms with Crippen LogP contribution in [0.2, 0.25) is 0 Å². The number of aromatic nitrogens is 2. The molecular weight excluding hydrogens is 258 g/mol. The van der Waals surface area contributed by atoms with Gasteiger partial charge in [0.15, 0.2) is 12.4 Å². The van der Waals surface area contributed by atoms with E-state index in [1.807, 2.05) is 37.3 Å². The van der Waals surface area contributed by atoms with Crippen molar-refractivity contribution in [3.8, 4) is 17.3 Å². The lowest BCUT2D eigenvalue weighted by atomic mass is 10.2. The molecule has 6 nitrogen and oxygen atoms in total. The molecule has 2 aromatic rings. The third-order valence-corrected chi connectivity index (χ3v) is 2.43. The molecule has 0 fully saturated rings. The maximum Gasteiger partial charge on any atom is 0.281 e. The zero-order valence-electron chi connectivity index (χ0n) is 11.3. The van der Waals surface area contributed by atoms with Gasteiger partial charge in [0.05, 0.1) is 7.11 Å². The van der Waals surface area contributed by atoms with Gasteiger partial charge >= 0.3 is 0 Å². The molecule has 0 saturated carbocycles. The lowest BCUT2D eigenvalue weighted by Crippen LogP contribution is -2.27. The summed E-state index contributed by atoms with van der Waals surface area (Å²) in [6.45, 7) is 1.68. The highest BCUT2D eigenvalue weighted by Crippen LogP contribution is 2.18. The van der Waals surface area contributed by atoms with Crippen molar-refractivity contribution < 1.29 is 14.4 Å². The van der Waals surface area contributed by atoms with E-state index in [9.17, 15) is 4.79 Å². The Morgan fingerprint density at radius 3 is 2.70 bits per heavy atom. The molecule has 0 unspecified atom stereocenters. The summed E-state index contributed by atoms with van der Waals surface area (Å²) in [5.74, 6) is 0.528. The van der Waals surface area contributed by atoms with Crippen LogP contribution in [0.25, 0.3) is 11.4 Å². The predicted octanol–water partition coefficient (Wildman–Crippen LogP) is 1.51. The number of hydrogen-bond acceptors (Lipinski definition) is 5. The first-order valence-electron chi connectivity index (χ1n) is 6.05. The monoisotopic (exact) mass is 273 g/mol. The standard InChI is InChI=1S/C14H15N3O3/c1-10-8-13(20-9-12(18)17-19-2)16-14(15-10)11-6-4-3-5-7-11/h3-8H,9H2,1-2H3,(H,17,18). The van der Waals surface area contributed by atoms with Crippen LogP contribution < -0.4 is 10.2 Å². The number of carbonyl (C=O) groups is 1. The van der Waals surface area contributed by atoms with Crippen LogP contribution in [0.1, 0.15) is 5.69 Å². The van der Waals surface area contributed by atoms with Gasteiger partial charge in [0.25, 0.3) is 5.91 Å². The zero-order valence-corrected chi connectivity index (χ0v) is 11.3. The van der Waals surface area contributed by atoms with Gasteiger partial charge in [-0.3, -0.25) is 9.63 Å². The molecule has 0 aliphatic heterocycles. The topological polar surface area (TPSA) is 73.3 Å². The van der Waals surface area contributed by atoms with E-state index < -0.39 is 0 Å². The van der Waals surface area contributed by atoms with E-state index in [0.717, 1.165) is 11.3 Å². The number of nitrogens with one attached hydrogen (secondary N) is 1. The molecule has 1 amide bonds. The Balaban J connectivity index is 2.15. The van der Waals surface area contributed by atoms with E-state index in [1.54, 1.807) is 6.07 Å². The molecule has 6 heteroatoms. The summed E-state index contributed by atoms with van der Waals surface area (Å²) in [6, 6.07) is 11.2. The third-order valence-electron chi connectivity index (χ3n) is 2.43. The lowest BCUT2D eigenvalue weighted by Gasteiger charge is -2.08. The number of aryl methyl sites for hydroxylation is 1. The van der Waals surface area contributed by atoms with Crippen LogP contribution in [0.5, 0.6) is 5.88 Å². The number of benzene rings is 1. The molecule has 0 atom stereocenters. The van der Waals surface area contributed by atoms with Gasteiger partial charge in [-0.1, -0.05) is 30.3 Å². The number of hydroxylamine groups is 1. The number of amides is 1. The minimum atomic E-state index is -0.384. The van der Waals surface area contributed by atoms with Crippen LogP contribution in [-0.4, -0.2) is 29.6 Å². The molecule has 1 aromatic heterocycles. The summed E-state index contributed by atoms with van der Waals surface area (Å²) in [6.07, 6.45) is 0. The maximum absolute atomic E-state index is 11.3. The van der Waals surface area contributed by atoms with Gasteiger partial charge in [-0.25, -0.2) is 10.5 Å². The van der Waals surface area contributed by atoms with E-state index in [1.165, 1.54) is 7.11 Å². The van der Waals surface area contributed by atoms with Crippen molar-refractivity contribution in [3.63, 3.8) is 0 Å². The van der Waals surface area contributed by atoms with E-state index >= 15 is 0 Å². The largest absolute Gasteiger partial charge is 0.467 e. The second kappa shape index (κ2) is 6.63. The van der Waals surface area contributed by atoms with Gasteiger partial charge in [0.1, 0.15) is 0 Å². The average molecular weight is 273 g/mol. The maximum atomic E-state index is 11.3. The van der Waals surface area contributed by atoms with Crippen molar-refractivity contribution in [2.45, 2.75) is 6.92 Å². The highest BCUT2D eigenvalue weighted by Gasteiger charge is 2.07. The van der Waals surface area contributed by atoms with E-state index in [-0.39, 0.29) is 12.5 Å². The molecule has 0 radical (unpaired) electrons. The molecule has 0 spiro atoms. The molecular formula is C14H15N3O3. The summed E-state index contributed by atoms with van der Waals surface area (Å²) in [4.78, 5) is 24.4. The molecule has 1 N–H and O–H groups in total. The SMILES string of the molecule is CONC(=O)COc1cc(C)nc(-c2ccccc2)n1. The summed E-state index contributed by atoms with van der Waals surface area (Å²) in [5, 5.41) is 0. The van der Waals surface area contributed by atoms with Crippen molar-refractivity contribution in [3.05, 3.63) is 42.1 Å². The number of hydrogen-bond donors (Lipinski definition) is 1. The van der Waals surface area contributed by atoms with E-state index in [0.29, 0.717) is 11.7 Å². The van der Waals surface area contributed by atoms with Gasteiger partial charge in [-0.2, -0.15) is 4.98 Å². The quantitative estimate of drug-likeness (QED) is 0.836. The fraction of sp³-hybridized carbons (Fsp3) is 0.214. The summed E-state index contributed by atoms with van der Waals surface area (Å²) in [7, 11) is 1.36. The lowest BCUT2D eigenvalue weighted by molar-refractivity contribution is -0.133. The van der Waals surface area contributed by atoms with Crippen LogP contribution in [0, 0.1) is 6.92 Å². The van der Waals surface area contributed by atoms with Crippen LogP contribution in [0.4, 0.5) is 0 Å². The molecule has 0 aliphatic carbocycles. The van der Waals surface area contributed by atoms with Crippen molar-refractivity contribution in [2.24, 2.45) is 0 Å². The first-order valence-corrected chi connectivity index (χ1v) is 6.05. The average Bonchev–Trinajstić information content (AvgIpc) is 2.46. The highest BCUT2D eigenvalue weighted by molar-refractivity contribution is 5.76. The summed E-state index contributed by atoms with van der Waals surface area (Å²) >= 11 is 0. The van der Waals surface area contributed by atoms with E-state index in [2.05, 4.69) is 20.3 Å². The normalized spacial score (nSPS) is 10.1. The second-order valence-electron chi connectivity index (χ2n) is 4.06. The number of ether oxygens (including phenoxy) is 1. The van der Waals surface area contributed by atoms with Gasteiger partial charge < -0.3 is 4.74 Å². The first kappa shape index (κ1) is 14.0. The minimum Gasteiger partial charge on any atom is -0.467 e. The molecule has 0 bridgehead atoms. The fourth-order valence-electron chi connectivity index (χ4n) is 1.61. The van der Waals surface area contributed by atoms with Crippen LogP contribution >= 0.6 is 0 Å². The zero-order chi connectivity index (χ0) is 14.4. The Morgan fingerprint density at radius 1 is 1.25 bits per heavy atom. The fourth-order valence-corrected chi connectivity index (χ4v) is 1.61. The Labute approximate surface area is 116 Å². The number of rotatable bonds is 5. The number of nitrogens with zero attached hydrogens (tertiary/aromatic N) is 2. The van der Waals surface area contributed by atoms with Crippen LogP contribution in [0.15, 0.2) is 36.4 Å². The van der Waals surface area contributed by atoms with Crippen molar-refractivity contribution in [2.75, 3.05) is 13.7 Å². The van der Waals surface area contributed by atoms with Crippen molar-refractivity contribution in [1.29, 1.82) is 0 Å². The Bertz CT molecular complexity index is 587. The van der Waals surface area contributed by atoms with Crippen molar-refractivity contribution >= 4 is 5.91 Å². The minimum absolute atomic E-state index is 0.168. The molecule has 20 heavy (non-hydrogen) atoms. The van der Waals surface area contributed by atoms with Crippen LogP contribution in [-0.2, 0) is 9.63 Å². The summed E-state index contributed by atoms with van der Waals surface area (Å²) in [5.41, 5.74) is 3.83. The van der Waals surface area contributed by atoms with Gasteiger partial charge in [0.2, 0.25) is 5.88 Å². The third kappa shape index (κ3) is 3.76. The Hall–Kier alpha value is -2.47. The molecule has 0 saturated heterocycles. The van der Waals surface area contributed by atoms with Crippen LogP contribution in [0.3, 0.4) is 0 Å². The predicted molar refractivity (Wildman–Crippen MR) is 72.9 cm³/mol. The smallest absolute Gasteiger partial charge is 0.281 e. The van der Waals surface area contributed by atoms with Gasteiger partial charge in [-0.15, -0.1) is 0 Å². The van der Waals surface area contributed by atoms with Gasteiger partial charge in [0, 0.05) is 17.3 Å². The second-order valence-corrected chi connectivity index (χ2v) is 4.06. The Morgan fingerprint density at radius 2 is 2.00 bits per heavy atom. The molecule has 104 valence electrons. The molecule has 1 aromatic carbocycles. The first-order chi connectivity index (χ1) is 9.69. The highest BCUT2D eigenvalue weighted by atomic mass is 16.6. The van der Waals surface area contributed by atoms with Gasteiger partial charge in [-0.05, 0) is 6.92 Å². The molecule has 0 aliphatic rings.